The van der Waals surface area contributed by atoms with Gasteiger partial charge in [0, 0.05) is 4.88 Å². The first-order chi connectivity index (χ1) is 10.6. The molecule has 1 aromatic heterocycles. The molecule has 0 saturated carbocycles. The number of benzene rings is 1. The normalized spacial score (nSPS) is 17.0. The summed E-state index contributed by atoms with van der Waals surface area (Å²) in [6.45, 7) is 0. The zero-order valence-electron chi connectivity index (χ0n) is 11.1. The summed E-state index contributed by atoms with van der Waals surface area (Å²) in [5, 5.41) is 4.11. The number of rotatable bonds is 2. The van der Waals surface area contributed by atoms with Gasteiger partial charge in [0.15, 0.2) is 5.11 Å². The van der Waals surface area contributed by atoms with Gasteiger partial charge in [-0.15, -0.1) is 11.3 Å². The first kappa shape index (κ1) is 14.6. The summed E-state index contributed by atoms with van der Waals surface area (Å²) in [7, 11) is 0. The Morgan fingerprint density at radius 3 is 2.64 bits per heavy atom. The summed E-state index contributed by atoms with van der Waals surface area (Å²) < 4.78 is 13.9. The number of amides is 2. The van der Waals surface area contributed by atoms with Crippen LogP contribution in [0.4, 0.5) is 10.1 Å². The van der Waals surface area contributed by atoms with E-state index in [1.807, 2.05) is 11.4 Å². The van der Waals surface area contributed by atoms with Crippen LogP contribution in [0, 0.1) is 5.82 Å². The molecule has 22 heavy (non-hydrogen) atoms. The lowest BCUT2D eigenvalue weighted by Gasteiger charge is -2.29. The zero-order valence-corrected chi connectivity index (χ0v) is 12.7. The lowest BCUT2D eigenvalue weighted by Crippen LogP contribution is -2.54. The van der Waals surface area contributed by atoms with Crippen molar-refractivity contribution in [3.63, 3.8) is 0 Å². The molecule has 110 valence electrons. The second-order valence-electron chi connectivity index (χ2n) is 4.42. The van der Waals surface area contributed by atoms with Gasteiger partial charge in [0.05, 0.1) is 5.69 Å². The zero-order chi connectivity index (χ0) is 15.7. The van der Waals surface area contributed by atoms with Crippen molar-refractivity contribution in [2.45, 2.75) is 0 Å². The van der Waals surface area contributed by atoms with Gasteiger partial charge in [0.2, 0.25) is 0 Å². The van der Waals surface area contributed by atoms with Gasteiger partial charge in [0.1, 0.15) is 11.4 Å². The number of nitrogens with one attached hydrogen (secondary N) is 1. The van der Waals surface area contributed by atoms with Crippen LogP contribution in [0.5, 0.6) is 0 Å². The fourth-order valence-corrected chi connectivity index (χ4v) is 2.96. The Morgan fingerprint density at radius 1 is 1.18 bits per heavy atom. The monoisotopic (exact) mass is 332 g/mol. The molecule has 2 aromatic rings. The Bertz CT molecular complexity index is 800. The molecule has 1 N–H and O–H groups in total. The molecule has 0 radical (unpaired) electrons. The first-order valence-corrected chi connectivity index (χ1v) is 7.56. The van der Waals surface area contributed by atoms with Crippen LogP contribution in [0.2, 0.25) is 0 Å². The molecule has 1 aromatic carbocycles. The Balaban J connectivity index is 2.05. The van der Waals surface area contributed by atoms with Gasteiger partial charge < -0.3 is 0 Å². The molecule has 1 aliphatic rings. The van der Waals surface area contributed by atoms with Gasteiger partial charge in [0.25, 0.3) is 11.8 Å². The van der Waals surface area contributed by atoms with Crippen LogP contribution in [-0.2, 0) is 9.59 Å². The standard InChI is InChI=1S/C15H9FN2O2S2/c16-11-5-1-2-6-12(11)18-14(20)10(13(19)17-15(18)21)8-9-4-3-7-22-9/h1-8H,(H,17,19,21)/b10-8+. The van der Waals surface area contributed by atoms with Gasteiger partial charge >= 0.3 is 0 Å². The minimum absolute atomic E-state index is 0.00887. The second-order valence-corrected chi connectivity index (χ2v) is 5.79. The summed E-state index contributed by atoms with van der Waals surface area (Å²) in [6, 6.07) is 9.34. The Hall–Kier alpha value is -2.38. The molecule has 2 amide bonds. The highest BCUT2D eigenvalue weighted by Gasteiger charge is 2.35. The van der Waals surface area contributed by atoms with Crippen molar-refractivity contribution in [3.05, 3.63) is 58.0 Å². The molecule has 0 aliphatic carbocycles. The third-order valence-corrected chi connectivity index (χ3v) is 4.13. The predicted molar refractivity (Wildman–Crippen MR) is 86.9 cm³/mol. The van der Waals surface area contributed by atoms with Crippen LogP contribution in [0.15, 0.2) is 47.4 Å². The Morgan fingerprint density at radius 2 is 1.95 bits per heavy atom. The predicted octanol–water partition coefficient (Wildman–Crippen LogP) is 2.72. The number of para-hydroxylation sites is 1. The molecule has 1 aliphatic heterocycles. The van der Waals surface area contributed by atoms with Gasteiger partial charge in [-0.1, -0.05) is 18.2 Å². The minimum Gasteiger partial charge on any atom is -0.298 e. The SMILES string of the molecule is O=C1NC(=S)N(c2ccccc2F)C(=O)/C1=C/c1cccs1. The van der Waals surface area contributed by atoms with Crippen molar-refractivity contribution in [2.75, 3.05) is 4.90 Å². The van der Waals surface area contributed by atoms with E-state index in [1.54, 1.807) is 12.1 Å². The van der Waals surface area contributed by atoms with Crippen molar-refractivity contribution in [1.82, 2.24) is 5.32 Å². The number of nitrogens with zero attached hydrogens (tertiary/aromatic N) is 1. The van der Waals surface area contributed by atoms with E-state index < -0.39 is 17.6 Å². The van der Waals surface area contributed by atoms with Crippen molar-refractivity contribution < 1.29 is 14.0 Å². The lowest BCUT2D eigenvalue weighted by atomic mass is 10.1. The van der Waals surface area contributed by atoms with E-state index in [0.29, 0.717) is 0 Å². The number of thiocarbonyl (C=S) groups is 1. The average Bonchev–Trinajstić information content (AvgIpc) is 2.98. The molecule has 0 atom stereocenters. The smallest absolute Gasteiger partial charge is 0.270 e. The Kier molecular flexibility index (Phi) is 3.82. The highest BCUT2D eigenvalue weighted by Crippen LogP contribution is 2.25. The maximum atomic E-state index is 13.9. The van der Waals surface area contributed by atoms with E-state index in [-0.39, 0.29) is 16.4 Å². The summed E-state index contributed by atoms with van der Waals surface area (Å²) in [4.78, 5) is 26.3. The molecule has 4 nitrogen and oxygen atoms in total. The number of anilines is 1. The van der Waals surface area contributed by atoms with E-state index >= 15 is 0 Å². The molecular weight excluding hydrogens is 323 g/mol. The quantitative estimate of drug-likeness (QED) is 0.523. The van der Waals surface area contributed by atoms with E-state index in [2.05, 4.69) is 5.32 Å². The number of hydrogen-bond acceptors (Lipinski definition) is 4. The summed E-state index contributed by atoms with van der Waals surface area (Å²) in [5.41, 5.74) is -0.0751. The summed E-state index contributed by atoms with van der Waals surface area (Å²) >= 11 is 6.39. The van der Waals surface area contributed by atoms with Crippen LogP contribution in [0.25, 0.3) is 6.08 Å². The number of carbonyl (C=O) groups is 2. The molecule has 0 spiro atoms. The lowest BCUT2D eigenvalue weighted by molar-refractivity contribution is -0.122. The Labute approximate surface area is 134 Å². The highest BCUT2D eigenvalue weighted by molar-refractivity contribution is 7.80. The van der Waals surface area contributed by atoms with Crippen LogP contribution >= 0.6 is 23.6 Å². The molecule has 2 heterocycles. The maximum absolute atomic E-state index is 13.9. The van der Waals surface area contributed by atoms with Crippen LogP contribution in [0.3, 0.4) is 0 Å². The first-order valence-electron chi connectivity index (χ1n) is 6.27. The number of thiophene rings is 1. The fraction of sp³-hybridized carbons (Fsp3) is 0. The second kappa shape index (κ2) is 5.78. The molecule has 7 heteroatoms. The molecule has 1 saturated heterocycles. The molecule has 0 bridgehead atoms. The average molecular weight is 332 g/mol. The number of halogens is 1. The van der Waals surface area contributed by atoms with Gasteiger partial charge in [-0.3, -0.25) is 14.9 Å². The van der Waals surface area contributed by atoms with Crippen LogP contribution in [0.1, 0.15) is 4.88 Å². The minimum atomic E-state index is -0.646. The van der Waals surface area contributed by atoms with E-state index in [4.69, 9.17) is 12.2 Å². The number of hydrogen-bond donors (Lipinski definition) is 1. The maximum Gasteiger partial charge on any atom is 0.270 e. The molecule has 1 fully saturated rings. The topological polar surface area (TPSA) is 49.4 Å². The van der Waals surface area contributed by atoms with E-state index in [1.165, 1.54) is 35.6 Å². The molecule has 0 unspecified atom stereocenters. The van der Waals surface area contributed by atoms with E-state index in [9.17, 15) is 14.0 Å². The third kappa shape index (κ3) is 2.56. The number of carbonyl (C=O) groups excluding carboxylic acids is 2. The van der Waals surface area contributed by atoms with Crippen LogP contribution < -0.4 is 10.2 Å². The van der Waals surface area contributed by atoms with Crippen molar-refractivity contribution in [1.29, 1.82) is 0 Å². The van der Waals surface area contributed by atoms with Crippen LogP contribution in [-0.4, -0.2) is 16.9 Å². The fourth-order valence-electron chi connectivity index (χ4n) is 2.02. The van der Waals surface area contributed by atoms with E-state index in [0.717, 1.165) is 9.78 Å². The third-order valence-electron chi connectivity index (χ3n) is 3.02. The molecule has 3 rings (SSSR count). The van der Waals surface area contributed by atoms with Gasteiger partial charge in [-0.05, 0) is 41.9 Å². The van der Waals surface area contributed by atoms with Crippen molar-refractivity contribution in [2.24, 2.45) is 0 Å². The summed E-state index contributed by atoms with van der Waals surface area (Å²) in [6.07, 6.45) is 1.47. The van der Waals surface area contributed by atoms with Crippen molar-refractivity contribution in [3.8, 4) is 0 Å². The largest absolute Gasteiger partial charge is 0.298 e. The van der Waals surface area contributed by atoms with Gasteiger partial charge in [-0.25, -0.2) is 9.29 Å². The molecular formula is C15H9FN2O2S2. The van der Waals surface area contributed by atoms with Gasteiger partial charge in [-0.2, -0.15) is 0 Å². The summed E-state index contributed by atoms with van der Waals surface area (Å²) in [5.74, 6) is -1.83. The highest BCUT2D eigenvalue weighted by atomic mass is 32.1. The van der Waals surface area contributed by atoms with Crippen molar-refractivity contribution >= 4 is 52.2 Å².